The van der Waals surface area contributed by atoms with Crippen molar-refractivity contribution in [3.05, 3.63) is 34.1 Å². The number of hydrogen-bond donors (Lipinski definition) is 2. The monoisotopic (exact) mass is 355 g/mol. The van der Waals surface area contributed by atoms with E-state index < -0.39 is 10.2 Å². The van der Waals surface area contributed by atoms with E-state index in [1.807, 2.05) is 0 Å². The van der Waals surface area contributed by atoms with E-state index in [4.69, 9.17) is 9.47 Å². The summed E-state index contributed by atoms with van der Waals surface area (Å²) in [5.74, 6) is 1.07. The Kier molecular flexibility index (Phi) is 5.47. The smallest absolute Gasteiger partial charge is 0.278 e. The highest BCUT2D eigenvalue weighted by Gasteiger charge is 2.13. The SMILES string of the molecule is COc1cc2cc(CCNS(=O)(=O)N(C)C)c(=O)[nH]c2cc1OC. The number of fused-ring (bicyclic) bond motifs is 1. The van der Waals surface area contributed by atoms with Crippen LogP contribution in [0.25, 0.3) is 10.9 Å². The summed E-state index contributed by atoms with van der Waals surface area (Å²) in [6, 6.07) is 5.17. The molecule has 0 aliphatic rings. The van der Waals surface area contributed by atoms with Gasteiger partial charge in [0.05, 0.1) is 19.7 Å². The third-order valence-corrected chi connectivity index (χ3v) is 5.12. The average Bonchev–Trinajstić information content (AvgIpc) is 2.53. The van der Waals surface area contributed by atoms with Gasteiger partial charge in [0.2, 0.25) is 0 Å². The fraction of sp³-hybridized carbons (Fsp3) is 0.400. The Bertz CT molecular complexity index is 890. The van der Waals surface area contributed by atoms with Gasteiger partial charge in [-0.1, -0.05) is 0 Å². The molecule has 0 aliphatic heterocycles. The number of rotatable bonds is 7. The van der Waals surface area contributed by atoms with Gasteiger partial charge < -0.3 is 14.5 Å². The van der Waals surface area contributed by atoms with Gasteiger partial charge in [0, 0.05) is 37.7 Å². The molecule has 0 atom stereocenters. The summed E-state index contributed by atoms with van der Waals surface area (Å²) >= 11 is 0. The lowest BCUT2D eigenvalue weighted by atomic mass is 10.1. The minimum Gasteiger partial charge on any atom is -0.493 e. The van der Waals surface area contributed by atoms with Crippen LogP contribution >= 0.6 is 0 Å². The van der Waals surface area contributed by atoms with E-state index in [0.717, 1.165) is 9.69 Å². The molecule has 8 nitrogen and oxygen atoms in total. The van der Waals surface area contributed by atoms with Crippen molar-refractivity contribution in [1.82, 2.24) is 14.0 Å². The second-order valence-electron chi connectivity index (χ2n) is 5.35. The summed E-state index contributed by atoms with van der Waals surface area (Å²) in [6.07, 6.45) is 0.271. The Balaban J connectivity index is 2.29. The van der Waals surface area contributed by atoms with Crippen molar-refractivity contribution in [2.75, 3.05) is 34.9 Å². The minimum absolute atomic E-state index is 0.127. The molecule has 0 fully saturated rings. The van der Waals surface area contributed by atoms with Crippen molar-refractivity contribution >= 4 is 21.1 Å². The molecule has 0 saturated heterocycles. The Hall–Kier alpha value is -2.10. The molecule has 2 N–H and O–H groups in total. The second kappa shape index (κ2) is 7.20. The summed E-state index contributed by atoms with van der Waals surface area (Å²) in [6.45, 7) is 0.127. The number of pyridine rings is 1. The van der Waals surface area contributed by atoms with E-state index in [-0.39, 0.29) is 18.5 Å². The summed E-state index contributed by atoms with van der Waals surface area (Å²) < 4.78 is 37.3. The van der Waals surface area contributed by atoms with Crippen molar-refractivity contribution in [2.24, 2.45) is 0 Å². The molecule has 1 aromatic carbocycles. The topological polar surface area (TPSA) is 101 Å². The highest BCUT2D eigenvalue weighted by molar-refractivity contribution is 7.87. The molecule has 0 unspecified atom stereocenters. The Labute approximate surface area is 140 Å². The van der Waals surface area contributed by atoms with Crippen LogP contribution in [0.15, 0.2) is 23.0 Å². The van der Waals surface area contributed by atoms with Crippen LogP contribution < -0.4 is 19.8 Å². The minimum atomic E-state index is -3.51. The number of aromatic nitrogens is 1. The van der Waals surface area contributed by atoms with Crippen LogP contribution in [0.1, 0.15) is 5.56 Å². The van der Waals surface area contributed by atoms with Crippen LogP contribution in [0.3, 0.4) is 0 Å². The van der Waals surface area contributed by atoms with Crippen LogP contribution in [0, 0.1) is 0 Å². The Morgan fingerprint density at radius 3 is 2.33 bits per heavy atom. The summed E-state index contributed by atoms with van der Waals surface area (Å²) in [4.78, 5) is 14.9. The number of hydrogen-bond acceptors (Lipinski definition) is 5. The number of benzene rings is 1. The Morgan fingerprint density at radius 2 is 1.75 bits per heavy atom. The third-order valence-electron chi connectivity index (χ3n) is 3.58. The molecular formula is C15H21N3O5S. The van der Waals surface area contributed by atoms with Gasteiger partial charge in [0.1, 0.15) is 0 Å². The molecule has 0 radical (unpaired) electrons. The van der Waals surface area contributed by atoms with E-state index in [1.165, 1.54) is 28.3 Å². The van der Waals surface area contributed by atoms with Gasteiger partial charge in [-0.25, -0.2) is 4.72 Å². The first kappa shape index (κ1) is 18.2. The zero-order valence-electron chi connectivity index (χ0n) is 14.0. The Morgan fingerprint density at radius 1 is 1.12 bits per heavy atom. The zero-order chi connectivity index (χ0) is 17.9. The third kappa shape index (κ3) is 3.86. The van der Waals surface area contributed by atoms with E-state index in [9.17, 15) is 13.2 Å². The lowest BCUT2D eigenvalue weighted by molar-refractivity contribution is 0.356. The summed E-state index contributed by atoms with van der Waals surface area (Å²) in [7, 11) is 2.42. The first-order chi connectivity index (χ1) is 11.3. The summed E-state index contributed by atoms with van der Waals surface area (Å²) in [5.41, 5.74) is 0.838. The van der Waals surface area contributed by atoms with Crippen molar-refractivity contribution in [3.8, 4) is 11.5 Å². The fourth-order valence-corrected chi connectivity index (χ4v) is 2.83. The maximum Gasteiger partial charge on any atom is 0.278 e. The van der Waals surface area contributed by atoms with Gasteiger partial charge in [-0.15, -0.1) is 0 Å². The molecule has 1 aromatic heterocycles. The van der Waals surface area contributed by atoms with Crippen LogP contribution in [-0.4, -0.2) is 52.6 Å². The van der Waals surface area contributed by atoms with Gasteiger partial charge >= 0.3 is 0 Å². The van der Waals surface area contributed by atoms with Crippen LogP contribution in [-0.2, 0) is 16.6 Å². The number of aromatic amines is 1. The fourth-order valence-electron chi connectivity index (χ4n) is 2.21. The van der Waals surface area contributed by atoms with Crippen molar-refractivity contribution < 1.29 is 17.9 Å². The molecule has 2 rings (SSSR count). The van der Waals surface area contributed by atoms with Crippen LogP contribution in [0.4, 0.5) is 0 Å². The molecule has 0 saturated carbocycles. The van der Waals surface area contributed by atoms with E-state index in [0.29, 0.717) is 22.6 Å². The van der Waals surface area contributed by atoms with Crippen molar-refractivity contribution in [1.29, 1.82) is 0 Å². The van der Waals surface area contributed by atoms with Crippen molar-refractivity contribution in [3.63, 3.8) is 0 Å². The highest BCUT2D eigenvalue weighted by atomic mass is 32.2. The molecule has 0 aliphatic carbocycles. The molecule has 0 amide bonds. The number of H-pyrrole nitrogens is 1. The first-order valence-corrected chi connectivity index (χ1v) is 8.67. The normalized spacial score (nSPS) is 11.9. The molecule has 0 bridgehead atoms. The van der Waals surface area contributed by atoms with Gasteiger partial charge in [0.25, 0.3) is 15.8 Å². The van der Waals surface area contributed by atoms with Crippen LogP contribution in [0.5, 0.6) is 11.5 Å². The molecule has 132 valence electrons. The number of nitrogens with one attached hydrogen (secondary N) is 2. The first-order valence-electron chi connectivity index (χ1n) is 7.23. The van der Waals surface area contributed by atoms with E-state index >= 15 is 0 Å². The quantitative estimate of drug-likeness (QED) is 0.752. The largest absolute Gasteiger partial charge is 0.493 e. The summed E-state index contributed by atoms with van der Waals surface area (Å²) in [5, 5.41) is 0.776. The van der Waals surface area contributed by atoms with Crippen LogP contribution in [0.2, 0.25) is 0 Å². The molecule has 1 heterocycles. The number of nitrogens with zero attached hydrogens (tertiary/aromatic N) is 1. The lowest BCUT2D eigenvalue weighted by Crippen LogP contribution is -2.37. The molecule has 2 aromatic rings. The number of methoxy groups -OCH3 is 2. The maximum atomic E-state index is 12.2. The second-order valence-corrected chi connectivity index (χ2v) is 7.32. The van der Waals surface area contributed by atoms with Gasteiger partial charge in [-0.05, 0) is 18.6 Å². The van der Waals surface area contributed by atoms with E-state index in [2.05, 4.69) is 9.71 Å². The van der Waals surface area contributed by atoms with Gasteiger partial charge in [-0.3, -0.25) is 4.79 Å². The molecule has 24 heavy (non-hydrogen) atoms. The average molecular weight is 355 g/mol. The number of ether oxygens (including phenoxy) is 2. The lowest BCUT2D eigenvalue weighted by Gasteiger charge is -2.12. The standard InChI is InChI=1S/C15H21N3O5S/c1-18(2)24(20,21)16-6-5-10-7-11-8-13(22-3)14(23-4)9-12(11)17-15(10)19/h7-9,16H,5-6H2,1-4H3,(H,17,19). The predicted octanol–water partition coefficient (Wildman–Crippen LogP) is 0.484. The molecular weight excluding hydrogens is 334 g/mol. The molecule has 0 spiro atoms. The van der Waals surface area contributed by atoms with Crippen molar-refractivity contribution in [2.45, 2.75) is 6.42 Å². The molecule has 9 heteroatoms. The maximum absolute atomic E-state index is 12.2. The predicted molar refractivity (Wildman–Crippen MR) is 92.0 cm³/mol. The highest BCUT2D eigenvalue weighted by Crippen LogP contribution is 2.30. The van der Waals surface area contributed by atoms with Gasteiger partial charge in [0.15, 0.2) is 11.5 Å². The van der Waals surface area contributed by atoms with E-state index in [1.54, 1.807) is 18.2 Å². The van der Waals surface area contributed by atoms with Gasteiger partial charge in [-0.2, -0.15) is 12.7 Å². The zero-order valence-corrected chi connectivity index (χ0v) is 14.9.